The van der Waals surface area contributed by atoms with E-state index < -0.39 is 0 Å². The number of hydrogen-bond donors (Lipinski definition) is 1. The number of pyridine rings is 1. The second kappa shape index (κ2) is 8.30. The summed E-state index contributed by atoms with van der Waals surface area (Å²) in [4.78, 5) is 5.30. The lowest BCUT2D eigenvalue weighted by molar-refractivity contribution is 0.699. The highest BCUT2D eigenvalue weighted by Crippen LogP contribution is 2.37. The molecule has 2 heterocycles. The standard InChI is InChI=1S/C21H24ClN3S/c1-14-9-18(22)11-19(10-14)26-21-15(2)20(12-23-4)16(3)25(21)13-17-5-7-24-8-6-17/h5-11,23H,12-13H2,1-4H3. The van der Waals surface area contributed by atoms with Crippen molar-refractivity contribution in [1.82, 2.24) is 14.9 Å². The van der Waals surface area contributed by atoms with Crippen molar-refractivity contribution < 1.29 is 0 Å². The fourth-order valence-electron chi connectivity index (χ4n) is 3.22. The van der Waals surface area contributed by atoms with Crippen LogP contribution < -0.4 is 5.32 Å². The summed E-state index contributed by atoms with van der Waals surface area (Å²) in [6.07, 6.45) is 3.70. The predicted octanol–water partition coefficient (Wildman–Crippen LogP) is 5.38. The minimum Gasteiger partial charge on any atom is -0.335 e. The summed E-state index contributed by atoms with van der Waals surface area (Å²) >= 11 is 8.06. The Labute approximate surface area is 164 Å². The van der Waals surface area contributed by atoms with Gasteiger partial charge in [0.25, 0.3) is 0 Å². The lowest BCUT2D eigenvalue weighted by Gasteiger charge is -2.13. The second-order valence-corrected chi connectivity index (χ2v) is 8.03. The van der Waals surface area contributed by atoms with Crippen LogP contribution in [0, 0.1) is 20.8 Å². The normalized spacial score (nSPS) is 11.1. The van der Waals surface area contributed by atoms with Gasteiger partial charge in [0.1, 0.15) is 0 Å². The molecule has 0 saturated heterocycles. The van der Waals surface area contributed by atoms with Gasteiger partial charge in [-0.05, 0) is 80.4 Å². The SMILES string of the molecule is CNCc1c(C)c(Sc2cc(C)cc(Cl)c2)n(Cc2ccncc2)c1C. The highest BCUT2D eigenvalue weighted by molar-refractivity contribution is 7.99. The minimum absolute atomic E-state index is 0.782. The molecular formula is C21H24ClN3S. The molecule has 3 nitrogen and oxygen atoms in total. The molecule has 0 aliphatic heterocycles. The van der Waals surface area contributed by atoms with Crippen molar-refractivity contribution in [3.05, 3.63) is 75.7 Å². The van der Waals surface area contributed by atoms with Gasteiger partial charge in [-0.25, -0.2) is 0 Å². The summed E-state index contributed by atoms with van der Waals surface area (Å²) in [5.41, 5.74) is 6.42. The van der Waals surface area contributed by atoms with Crippen LogP contribution in [0.5, 0.6) is 0 Å². The van der Waals surface area contributed by atoms with E-state index in [1.54, 1.807) is 11.8 Å². The topological polar surface area (TPSA) is 29.9 Å². The zero-order valence-corrected chi connectivity index (χ0v) is 17.2. The highest BCUT2D eigenvalue weighted by Gasteiger charge is 2.18. The summed E-state index contributed by atoms with van der Waals surface area (Å²) in [6, 6.07) is 10.4. The zero-order chi connectivity index (χ0) is 18.7. The fourth-order valence-corrected chi connectivity index (χ4v) is 4.82. The van der Waals surface area contributed by atoms with E-state index in [1.807, 2.05) is 31.6 Å². The number of nitrogens with zero attached hydrogens (tertiary/aromatic N) is 2. The first-order valence-electron chi connectivity index (χ1n) is 8.66. The van der Waals surface area contributed by atoms with Gasteiger partial charge in [0.2, 0.25) is 0 Å². The number of nitrogens with one attached hydrogen (secondary N) is 1. The van der Waals surface area contributed by atoms with Crippen LogP contribution >= 0.6 is 23.4 Å². The summed E-state index contributed by atoms with van der Waals surface area (Å²) in [7, 11) is 1.99. The van der Waals surface area contributed by atoms with E-state index in [2.05, 4.69) is 53.8 Å². The van der Waals surface area contributed by atoms with Crippen LogP contribution in [-0.2, 0) is 13.1 Å². The maximum Gasteiger partial charge on any atom is 0.0834 e. The van der Waals surface area contributed by atoms with E-state index in [0.29, 0.717) is 0 Å². The van der Waals surface area contributed by atoms with E-state index in [9.17, 15) is 0 Å². The van der Waals surface area contributed by atoms with Gasteiger partial charge >= 0.3 is 0 Å². The van der Waals surface area contributed by atoms with E-state index >= 15 is 0 Å². The molecule has 0 amide bonds. The van der Waals surface area contributed by atoms with Gasteiger partial charge in [-0.15, -0.1) is 0 Å². The number of aryl methyl sites for hydroxylation is 1. The Morgan fingerprint density at radius 1 is 1.12 bits per heavy atom. The number of rotatable bonds is 6. The molecule has 0 radical (unpaired) electrons. The van der Waals surface area contributed by atoms with Crippen molar-refractivity contribution >= 4 is 23.4 Å². The number of hydrogen-bond acceptors (Lipinski definition) is 3. The van der Waals surface area contributed by atoms with Crippen LogP contribution in [0.1, 0.15) is 27.9 Å². The first kappa shape index (κ1) is 19.0. The average Bonchev–Trinajstić information content (AvgIpc) is 2.81. The maximum atomic E-state index is 6.27. The summed E-state index contributed by atoms with van der Waals surface area (Å²) in [5.74, 6) is 0. The summed E-state index contributed by atoms with van der Waals surface area (Å²) in [5, 5.41) is 5.35. The Bertz CT molecular complexity index is 883. The molecule has 136 valence electrons. The Morgan fingerprint density at radius 3 is 2.50 bits per heavy atom. The molecule has 3 aromatic rings. The van der Waals surface area contributed by atoms with E-state index in [0.717, 1.165) is 18.1 Å². The molecule has 2 aromatic heterocycles. The van der Waals surface area contributed by atoms with Gasteiger partial charge < -0.3 is 9.88 Å². The highest BCUT2D eigenvalue weighted by atomic mass is 35.5. The molecule has 0 saturated carbocycles. The molecule has 0 aliphatic rings. The monoisotopic (exact) mass is 385 g/mol. The Hall–Kier alpha value is -1.75. The fraction of sp³-hybridized carbons (Fsp3) is 0.286. The minimum atomic E-state index is 0.782. The third kappa shape index (κ3) is 4.14. The lowest BCUT2D eigenvalue weighted by atomic mass is 10.1. The van der Waals surface area contributed by atoms with Crippen molar-refractivity contribution in [3.8, 4) is 0 Å². The number of aromatic nitrogens is 2. The van der Waals surface area contributed by atoms with Crippen molar-refractivity contribution in [1.29, 1.82) is 0 Å². The van der Waals surface area contributed by atoms with Crippen LogP contribution in [-0.4, -0.2) is 16.6 Å². The molecule has 1 N–H and O–H groups in total. The van der Waals surface area contributed by atoms with E-state index in [-0.39, 0.29) is 0 Å². The molecule has 0 unspecified atom stereocenters. The van der Waals surface area contributed by atoms with Gasteiger partial charge in [-0.1, -0.05) is 23.4 Å². The molecule has 1 aromatic carbocycles. The van der Waals surface area contributed by atoms with Crippen molar-refractivity contribution in [2.75, 3.05) is 7.05 Å². The predicted molar refractivity (Wildman–Crippen MR) is 110 cm³/mol. The van der Waals surface area contributed by atoms with Gasteiger partial charge in [0, 0.05) is 41.1 Å². The molecule has 3 rings (SSSR count). The molecular weight excluding hydrogens is 362 g/mol. The van der Waals surface area contributed by atoms with Gasteiger partial charge in [-0.2, -0.15) is 0 Å². The van der Waals surface area contributed by atoms with Crippen LogP contribution in [0.15, 0.2) is 52.6 Å². The summed E-state index contributed by atoms with van der Waals surface area (Å²) < 4.78 is 2.40. The van der Waals surface area contributed by atoms with Crippen LogP contribution in [0.25, 0.3) is 0 Å². The molecule has 0 atom stereocenters. The van der Waals surface area contributed by atoms with Crippen LogP contribution in [0.3, 0.4) is 0 Å². The second-order valence-electron chi connectivity index (χ2n) is 6.53. The zero-order valence-electron chi connectivity index (χ0n) is 15.6. The number of halogens is 1. The Kier molecular flexibility index (Phi) is 6.07. The third-order valence-electron chi connectivity index (χ3n) is 4.53. The van der Waals surface area contributed by atoms with Crippen LogP contribution in [0.2, 0.25) is 5.02 Å². The quantitative estimate of drug-likeness (QED) is 0.617. The molecule has 26 heavy (non-hydrogen) atoms. The molecule has 0 aliphatic carbocycles. The number of benzene rings is 1. The summed E-state index contributed by atoms with van der Waals surface area (Å²) in [6.45, 7) is 8.19. The lowest BCUT2D eigenvalue weighted by Crippen LogP contribution is -2.08. The first-order valence-corrected chi connectivity index (χ1v) is 9.86. The van der Waals surface area contributed by atoms with Gasteiger partial charge in [-0.3, -0.25) is 4.98 Å². The Balaban J connectivity index is 2.05. The van der Waals surface area contributed by atoms with E-state index in [1.165, 1.54) is 37.9 Å². The smallest absolute Gasteiger partial charge is 0.0834 e. The molecule has 0 spiro atoms. The van der Waals surface area contributed by atoms with Gasteiger partial charge in [0.05, 0.1) is 5.03 Å². The molecule has 0 bridgehead atoms. The third-order valence-corrected chi connectivity index (χ3v) is 5.94. The Morgan fingerprint density at radius 2 is 1.85 bits per heavy atom. The van der Waals surface area contributed by atoms with Crippen molar-refractivity contribution in [3.63, 3.8) is 0 Å². The largest absolute Gasteiger partial charge is 0.335 e. The maximum absolute atomic E-state index is 6.27. The van der Waals surface area contributed by atoms with Gasteiger partial charge in [0.15, 0.2) is 0 Å². The van der Waals surface area contributed by atoms with Crippen molar-refractivity contribution in [2.24, 2.45) is 0 Å². The van der Waals surface area contributed by atoms with Crippen molar-refractivity contribution in [2.45, 2.75) is 43.8 Å². The molecule has 0 fully saturated rings. The van der Waals surface area contributed by atoms with E-state index in [4.69, 9.17) is 11.6 Å². The first-order chi connectivity index (χ1) is 12.5. The molecule has 5 heteroatoms. The average molecular weight is 386 g/mol. The van der Waals surface area contributed by atoms with Crippen LogP contribution in [0.4, 0.5) is 0 Å².